The third-order valence-corrected chi connectivity index (χ3v) is 2.99. The molecule has 1 N–H and O–H groups in total. The highest BCUT2D eigenvalue weighted by Crippen LogP contribution is 2.14. The summed E-state index contributed by atoms with van der Waals surface area (Å²) in [7, 11) is 0. The topological polar surface area (TPSA) is 15.3 Å². The van der Waals surface area contributed by atoms with Gasteiger partial charge >= 0.3 is 0 Å². The minimum Gasteiger partial charge on any atom is -0.312 e. The van der Waals surface area contributed by atoms with Crippen LogP contribution in [-0.2, 0) is 0 Å². The summed E-state index contributed by atoms with van der Waals surface area (Å²) < 4.78 is 0. The van der Waals surface area contributed by atoms with Crippen molar-refractivity contribution >= 4 is 0 Å². The van der Waals surface area contributed by atoms with Gasteiger partial charge in [-0.05, 0) is 74.0 Å². The molecule has 0 heterocycles. The second-order valence-corrected chi connectivity index (χ2v) is 7.04. The SMILES string of the molecule is CCCCN(CCCNC(C)(C)C)C(C)(C)C. The van der Waals surface area contributed by atoms with Gasteiger partial charge in [-0.1, -0.05) is 13.3 Å². The lowest BCUT2D eigenvalue weighted by Gasteiger charge is -2.36. The molecule has 0 saturated heterocycles. The highest BCUT2D eigenvalue weighted by Gasteiger charge is 2.20. The summed E-state index contributed by atoms with van der Waals surface area (Å²) in [5.41, 5.74) is 0.548. The summed E-state index contributed by atoms with van der Waals surface area (Å²) in [5.74, 6) is 0. The molecular formula is C15H34N2. The Morgan fingerprint density at radius 2 is 1.41 bits per heavy atom. The zero-order chi connectivity index (χ0) is 13.5. The summed E-state index contributed by atoms with van der Waals surface area (Å²) in [6, 6.07) is 0. The Balaban J connectivity index is 3.93. The number of unbranched alkanes of at least 4 members (excludes halogenated alkanes) is 1. The van der Waals surface area contributed by atoms with Crippen molar-refractivity contribution in [2.24, 2.45) is 0 Å². The highest BCUT2D eigenvalue weighted by molar-refractivity contribution is 4.77. The highest BCUT2D eigenvalue weighted by atomic mass is 15.2. The number of rotatable bonds is 7. The minimum absolute atomic E-state index is 0.246. The van der Waals surface area contributed by atoms with E-state index in [4.69, 9.17) is 0 Å². The number of hydrogen-bond donors (Lipinski definition) is 1. The van der Waals surface area contributed by atoms with Crippen molar-refractivity contribution < 1.29 is 0 Å². The Kier molecular flexibility index (Phi) is 7.34. The normalized spacial score (nSPS) is 13.4. The maximum Gasteiger partial charge on any atom is 0.0125 e. The summed E-state index contributed by atoms with van der Waals surface area (Å²) in [6.07, 6.45) is 3.83. The van der Waals surface area contributed by atoms with Gasteiger partial charge in [-0.25, -0.2) is 0 Å². The first kappa shape index (κ1) is 16.9. The quantitative estimate of drug-likeness (QED) is 0.685. The number of nitrogens with one attached hydrogen (secondary N) is 1. The van der Waals surface area contributed by atoms with Crippen LogP contribution in [0.4, 0.5) is 0 Å². The van der Waals surface area contributed by atoms with Gasteiger partial charge in [0.25, 0.3) is 0 Å². The summed E-state index contributed by atoms with van der Waals surface area (Å²) in [5, 5.41) is 3.56. The Labute approximate surface area is 109 Å². The van der Waals surface area contributed by atoms with Crippen LogP contribution in [-0.4, -0.2) is 35.6 Å². The molecule has 0 aromatic rings. The number of hydrogen-bond acceptors (Lipinski definition) is 2. The van der Waals surface area contributed by atoms with E-state index in [1.165, 1.54) is 32.4 Å². The predicted octanol–water partition coefficient (Wildman–Crippen LogP) is 3.67. The minimum atomic E-state index is 0.246. The first-order chi connectivity index (χ1) is 7.67. The first-order valence-electron chi connectivity index (χ1n) is 7.17. The molecule has 0 spiro atoms. The van der Waals surface area contributed by atoms with Crippen molar-refractivity contribution in [2.75, 3.05) is 19.6 Å². The molecule has 0 radical (unpaired) electrons. The van der Waals surface area contributed by atoms with Gasteiger partial charge < -0.3 is 5.32 Å². The van der Waals surface area contributed by atoms with Gasteiger partial charge in [0, 0.05) is 11.1 Å². The van der Waals surface area contributed by atoms with Crippen molar-refractivity contribution in [3.8, 4) is 0 Å². The standard InChI is InChI=1S/C15H34N2/c1-8-9-12-17(15(5,6)7)13-10-11-16-14(2,3)4/h16H,8-13H2,1-7H3. The first-order valence-corrected chi connectivity index (χ1v) is 7.17. The molecule has 0 bridgehead atoms. The van der Waals surface area contributed by atoms with E-state index in [1.807, 2.05) is 0 Å². The lowest BCUT2D eigenvalue weighted by atomic mass is 10.0. The van der Waals surface area contributed by atoms with Crippen molar-refractivity contribution in [3.63, 3.8) is 0 Å². The fourth-order valence-corrected chi connectivity index (χ4v) is 1.86. The molecule has 0 atom stereocenters. The molecule has 2 heteroatoms. The second kappa shape index (κ2) is 7.38. The molecule has 17 heavy (non-hydrogen) atoms. The fraction of sp³-hybridized carbons (Fsp3) is 1.00. The Bertz CT molecular complexity index is 186. The third kappa shape index (κ3) is 9.61. The lowest BCUT2D eigenvalue weighted by molar-refractivity contribution is 0.131. The zero-order valence-electron chi connectivity index (χ0n) is 13.2. The van der Waals surface area contributed by atoms with Gasteiger partial charge in [-0.3, -0.25) is 4.90 Å². The molecule has 104 valence electrons. The van der Waals surface area contributed by atoms with Crippen LogP contribution >= 0.6 is 0 Å². The summed E-state index contributed by atoms with van der Waals surface area (Å²) in [6.45, 7) is 19.5. The van der Waals surface area contributed by atoms with E-state index >= 15 is 0 Å². The lowest BCUT2D eigenvalue weighted by Crippen LogP contribution is -2.44. The van der Waals surface area contributed by atoms with Crippen molar-refractivity contribution in [3.05, 3.63) is 0 Å². The van der Waals surface area contributed by atoms with Gasteiger partial charge in [0.2, 0.25) is 0 Å². The Morgan fingerprint density at radius 1 is 0.882 bits per heavy atom. The average Bonchev–Trinajstić information content (AvgIpc) is 2.13. The van der Waals surface area contributed by atoms with Gasteiger partial charge in [0.05, 0.1) is 0 Å². The van der Waals surface area contributed by atoms with Crippen molar-refractivity contribution in [2.45, 2.75) is 78.8 Å². The largest absolute Gasteiger partial charge is 0.312 e. The molecule has 0 amide bonds. The zero-order valence-corrected chi connectivity index (χ0v) is 13.2. The van der Waals surface area contributed by atoms with Crippen LogP contribution in [0.3, 0.4) is 0 Å². The van der Waals surface area contributed by atoms with Crippen LogP contribution in [0.2, 0.25) is 0 Å². The predicted molar refractivity (Wildman–Crippen MR) is 78.6 cm³/mol. The number of nitrogens with zero attached hydrogens (tertiary/aromatic N) is 1. The molecule has 0 rings (SSSR count). The molecule has 0 aromatic carbocycles. The Morgan fingerprint density at radius 3 is 1.82 bits per heavy atom. The van der Waals surface area contributed by atoms with Crippen LogP contribution in [0, 0.1) is 0 Å². The Hall–Kier alpha value is -0.0800. The van der Waals surface area contributed by atoms with Crippen LogP contribution in [0.1, 0.15) is 67.7 Å². The molecule has 0 aliphatic heterocycles. The molecule has 0 unspecified atom stereocenters. The molecule has 0 saturated carbocycles. The van der Waals surface area contributed by atoms with Crippen LogP contribution in [0.5, 0.6) is 0 Å². The molecule has 0 aliphatic rings. The van der Waals surface area contributed by atoms with Crippen molar-refractivity contribution in [1.29, 1.82) is 0 Å². The van der Waals surface area contributed by atoms with E-state index in [-0.39, 0.29) is 5.54 Å². The van der Waals surface area contributed by atoms with E-state index in [0.29, 0.717) is 5.54 Å². The van der Waals surface area contributed by atoms with E-state index in [1.54, 1.807) is 0 Å². The van der Waals surface area contributed by atoms with Gasteiger partial charge in [-0.15, -0.1) is 0 Å². The summed E-state index contributed by atoms with van der Waals surface area (Å²) in [4.78, 5) is 2.61. The maximum atomic E-state index is 3.56. The molecule has 0 aromatic heterocycles. The molecular weight excluding hydrogens is 208 g/mol. The second-order valence-electron chi connectivity index (χ2n) is 7.04. The van der Waals surface area contributed by atoms with E-state index in [2.05, 4.69) is 58.7 Å². The van der Waals surface area contributed by atoms with Gasteiger partial charge in [0.15, 0.2) is 0 Å². The van der Waals surface area contributed by atoms with Crippen LogP contribution < -0.4 is 5.32 Å². The molecule has 0 aliphatic carbocycles. The maximum absolute atomic E-state index is 3.56. The van der Waals surface area contributed by atoms with Crippen LogP contribution in [0.25, 0.3) is 0 Å². The van der Waals surface area contributed by atoms with Crippen LogP contribution in [0.15, 0.2) is 0 Å². The molecule has 0 fully saturated rings. The van der Waals surface area contributed by atoms with Gasteiger partial charge in [-0.2, -0.15) is 0 Å². The van der Waals surface area contributed by atoms with E-state index < -0.39 is 0 Å². The van der Waals surface area contributed by atoms with E-state index in [9.17, 15) is 0 Å². The average molecular weight is 242 g/mol. The third-order valence-electron chi connectivity index (χ3n) is 2.99. The van der Waals surface area contributed by atoms with E-state index in [0.717, 1.165) is 6.54 Å². The monoisotopic (exact) mass is 242 g/mol. The smallest absolute Gasteiger partial charge is 0.0125 e. The van der Waals surface area contributed by atoms with Gasteiger partial charge in [0.1, 0.15) is 0 Å². The summed E-state index contributed by atoms with van der Waals surface area (Å²) >= 11 is 0. The fourth-order valence-electron chi connectivity index (χ4n) is 1.86. The molecule has 2 nitrogen and oxygen atoms in total. The van der Waals surface area contributed by atoms with Crippen molar-refractivity contribution in [1.82, 2.24) is 10.2 Å².